The molecule has 14 heavy (non-hydrogen) atoms. The van der Waals surface area contributed by atoms with E-state index < -0.39 is 0 Å². The molecule has 0 aromatic carbocycles. The van der Waals surface area contributed by atoms with Crippen LogP contribution >= 0.6 is 0 Å². The number of hydrogen-bond donors (Lipinski definition) is 2. The van der Waals surface area contributed by atoms with E-state index in [1.54, 1.807) is 6.07 Å². The minimum atomic E-state index is 0.434. The van der Waals surface area contributed by atoms with Crippen LogP contribution < -0.4 is 11.1 Å². The maximum atomic E-state index is 5.54. The maximum absolute atomic E-state index is 5.54. The Bertz CT molecular complexity index is 275. The summed E-state index contributed by atoms with van der Waals surface area (Å²) >= 11 is 0. The van der Waals surface area contributed by atoms with Crippen LogP contribution in [0.25, 0.3) is 0 Å². The van der Waals surface area contributed by atoms with Gasteiger partial charge < -0.3 is 11.1 Å². The predicted octanol–water partition coefficient (Wildman–Crippen LogP) is 2.05. The summed E-state index contributed by atoms with van der Waals surface area (Å²) in [6, 6.07) is 2.19. The molecule has 0 aliphatic rings. The third-order valence-corrected chi connectivity index (χ3v) is 2.07. The van der Waals surface area contributed by atoms with E-state index in [1.807, 2.05) is 0 Å². The van der Waals surface area contributed by atoms with Gasteiger partial charge in [-0.3, -0.25) is 0 Å². The molecule has 1 rings (SSSR count). The van der Waals surface area contributed by atoms with Gasteiger partial charge in [0.25, 0.3) is 0 Å². The molecule has 78 valence electrons. The van der Waals surface area contributed by atoms with Gasteiger partial charge in [-0.05, 0) is 13.3 Å². The zero-order valence-corrected chi connectivity index (χ0v) is 8.83. The summed E-state index contributed by atoms with van der Waals surface area (Å²) in [5.74, 6) is 1.31. The predicted molar refractivity (Wildman–Crippen MR) is 59.1 cm³/mol. The Morgan fingerprint density at radius 1 is 1.50 bits per heavy atom. The van der Waals surface area contributed by atoms with E-state index in [-0.39, 0.29) is 0 Å². The smallest absolute Gasteiger partial charge is 0.131 e. The molecule has 0 bridgehead atoms. The Morgan fingerprint density at radius 2 is 2.29 bits per heavy atom. The minimum absolute atomic E-state index is 0.434. The van der Waals surface area contributed by atoms with Crippen LogP contribution in [0, 0.1) is 0 Å². The van der Waals surface area contributed by atoms with E-state index >= 15 is 0 Å². The van der Waals surface area contributed by atoms with Crippen molar-refractivity contribution in [1.29, 1.82) is 0 Å². The lowest BCUT2D eigenvalue weighted by Gasteiger charge is -2.13. The molecule has 0 radical (unpaired) electrons. The average molecular weight is 194 g/mol. The SMILES string of the molecule is CCCCC(C)Nc1cc(N)ncn1. The first-order chi connectivity index (χ1) is 6.72. The van der Waals surface area contributed by atoms with E-state index in [9.17, 15) is 0 Å². The quantitative estimate of drug-likeness (QED) is 0.753. The van der Waals surface area contributed by atoms with Crippen LogP contribution in [0.1, 0.15) is 33.1 Å². The molecular formula is C10H18N4. The zero-order valence-electron chi connectivity index (χ0n) is 8.83. The Kier molecular flexibility index (Phi) is 4.16. The molecule has 0 aliphatic carbocycles. The highest BCUT2D eigenvalue weighted by Crippen LogP contribution is 2.09. The fourth-order valence-electron chi connectivity index (χ4n) is 1.29. The van der Waals surface area contributed by atoms with E-state index in [0.29, 0.717) is 11.9 Å². The number of unbranched alkanes of at least 4 members (excludes halogenated alkanes) is 1. The topological polar surface area (TPSA) is 63.8 Å². The molecule has 0 spiro atoms. The van der Waals surface area contributed by atoms with Crippen LogP contribution in [0.4, 0.5) is 11.6 Å². The maximum Gasteiger partial charge on any atom is 0.131 e. The first kappa shape index (κ1) is 10.8. The van der Waals surface area contributed by atoms with Gasteiger partial charge >= 0.3 is 0 Å². The van der Waals surface area contributed by atoms with E-state index in [0.717, 1.165) is 12.2 Å². The normalized spacial score (nSPS) is 12.4. The fourth-order valence-corrected chi connectivity index (χ4v) is 1.29. The molecule has 1 unspecified atom stereocenters. The Hall–Kier alpha value is -1.32. The van der Waals surface area contributed by atoms with Gasteiger partial charge in [-0.25, -0.2) is 9.97 Å². The van der Waals surface area contributed by atoms with Gasteiger partial charge in [0.1, 0.15) is 18.0 Å². The highest BCUT2D eigenvalue weighted by atomic mass is 15.0. The summed E-state index contributed by atoms with van der Waals surface area (Å²) < 4.78 is 0. The third-order valence-electron chi connectivity index (χ3n) is 2.07. The monoisotopic (exact) mass is 194 g/mol. The Labute approximate surface area is 85.0 Å². The van der Waals surface area contributed by atoms with Crippen LogP contribution in [0.2, 0.25) is 0 Å². The van der Waals surface area contributed by atoms with Crippen LogP contribution in [-0.2, 0) is 0 Å². The molecule has 1 aromatic heterocycles. The van der Waals surface area contributed by atoms with Gasteiger partial charge in [-0.1, -0.05) is 19.8 Å². The lowest BCUT2D eigenvalue weighted by Crippen LogP contribution is -2.16. The van der Waals surface area contributed by atoms with E-state index in [1.165, 1.54) is 19.2 Å². The van der Waals surface area contributed by atoms with Gasteiger partial charge in [-0.2, -0.15) is 0 Å². The van der Waals surface area contributed by atoms with Crippen LogP contribution in [0.5, 0.6) is 0 Å². The lowest BCUT2D eigenvalue weighted by atomic mass is 10.1. The average Bonchev–Trinajstić information content (AvgIpc) is 2.15. The van der Waals surface area contributed by atoms with Gasteiger partial charge in [0, 0.05) is 12.1 Å². The van der Waals surface area contributed by atoms with Crippen molar-refractivity contribution >= 4 is 11.6 Å². The molecule has 1 aromatic rings. The van der Waals surface area contributed by atoms with Crippen molar-refractivity contribution in [2.45, 2.75) is 39.2 Å². The molecule has 1 atom stereocenters. The highest BCUT2D eigenvalue weighted by molar-refractivity contribution is 5.43. The minimum Gasteiger partial charge on any atom is -0.384 e. The first-order valence-electron chi connectivity index (χ1n) is 5.06. The van der Waals surface area contributed by atoms with Crippen molar-refractivity contribution in [3.63, 3.8) is 0 Å². The van der Waals surface area contributed by atoms with Crippen LogP contribution in [0.15, 0.2) is 12.4 Å². The molecule has 4 heteroatoms. The lowest BCUT2D eigenvalue weighted by molar-refractivity contribution is 0.643. The van der Waals surface area contributed by atoms with E-state index in [4.69, 9.17) is 5.73 Å². The number of nitrogens with one attached hydrogen (secondary N) is 1. The number of nitrogens with two attached hydrogens (primary N) is 1. The summed E-state index contributed by atoms with van der Waals surface area (Å²) in [6.07, 6.45) is 5.08. The van der Waals surface area contributed by atoms with Gasteiger partial charge in [0.05, 0.1) is 0 Å². The Morgan fingerprint density at radius 3 is 2.93 bits per heavy atom. The summed E-state index contributed by atoms with van der Waals surface area (Å²) in [6.45, 7) is 4.34. The second-order valence-electron chi connectivity index (χ2n) is 3.52. The number of nitrogens with zero attached hydrogens (tertiary/aromatic N) is 2. The zero-order chi connectivity index (χ0) is 10.4. The fraction of sp³-hybridized carbons (Fsp3) is 0.600. The van der Waals surface area contributed by atoms with Crippen molar-refractivity contribution in [2.24, 2.45) is 0 Å². The molecule has 0 amide bonds. The van der Waals surface area contributed by atoms with Gasteiger partial charge in [-0.15, -0.1) is 0 Å². The van der Waals surface area contributed by atoms with Gasteiger partial charge in [0.2, 0.25) is 0 Å². The highest BCUT2D eigenvalue weighted by Gasteiger charge is 2.02. The second kappa shape index (κ2) is 5.42. The number of anilines is 2. The summed E-state index contributed by atoms with van der Waals surface area (Å²) in [5, 5.41) is 3.29. The van der Waals surface area contributed by atoms with Crippen LogP contribution in [-0.4, -0.2) is 16.0 Å². The standard InChI is InChI=1S/C10H18N4/c1-3-4-5-8(2)14-10-6-9(11)12-7-13-10/h6-8H,3-5H2,1-2H3,(H3,11,12,13,14). The Balaban J connectivity index is 2.43. The summed E-state index contributed by atoms with van der Waals surface area (Å²) in [5.41, 5.74) is 5.54. The number of nitrogen functional groups attached to an aromatic ring is 1. The van der Waals surface area contributed by atoms with Crippen molar-refractivity contribution in [3.8, 4) is 0 Å². The van der Waals surface area contributed by atoms with Crippen LogP contribution in [0.3, 0.4) is 0 Å². The molecular weight excluding hydrogens is 176 g/mol. The van der Waals surface area contributed by atoms with E-state index in [2.05, 4.69) is 29.1 Å². The number of aromatic nitrogens is 2. The molecule has 4 nitrogen and oxygen atoms in total. The largest absolute Gasteiger partial charge is 0.384 e. The molecule has 0 fully saturated rings. The molecule has 0 aliphatic heterocycles. The molecule has 3 N–H and O–H groups in total. The van der Waals surface area contributed by atoms with Crippen molar-refractivity contribution in [3.05, 3.63) is 12.4 Å². The van der Waals surface area contributed by atoms with Gasteiger partial charge in [0.15, 0.2) is 0 Å². The summed E-state index contributed by atoms with van der Waals surface area (Å²) in [4.78, 5) is 7.92. The third kappa shape index (κ3) is 3.60. The second-order valence-corrected chi connectivity index (χ2v) is 3.52. The van der Waals surface area contributed by atoms with Crippen molar-refractivity contribution in [2.75, 3.05) is 11.1 Å². The summed E-state index contributed by atoms with van der Waals surface area (Å²) in [7, 11) is 0. The molecule has 1 heterocycles. The van der Waals surface area contributed by atoms with Crippen molar-refractivity contribution in [1.82, 2.24) is 9.97 Å². The molecule has 0 saturated carbocycles. The number of hydrogen-bond acceptors (Lipinski definition) is 4. The molecule has 0 saturated heterocycles. The first-order valence-corrected chi connectivity index (χ1v) is 5.06. The number of rotatable bonds is 5. The van der Waals surface area contributed by atoms with Crippen molar-refractivity contribution < 1.29 is 0 Å².